The van der Waals surface area contributed by atoms with Crippen LogP contribution < -0.4 is 4.74 Å². The van der Waals surface area contributed by atoms with Crippen LogP contribution in [0.1, 0.15) is 18.1 Å². The van der Waals surface area contributed by atoms with Crippen LogP contribution in [0.2, 0.25) is 0 Å². The fourth-order valence-corrected chi connectivity index (χ4v) is 1.97. The molecule has 14 heavy (non-hydrogen) atoms. The standard InChI is InChI=1S/C12H17NO/c1-9-6-11-7-12(14-3)5-4-10(11)8-13(9)2/h4-5,7,9H,6,8H2,1-3H3. The summed E-state index contributed by atoms with van der Waals surface area (Å²) in [4.78, 5) is 2.38. The molecule has 2 nitrogen and oxygen atoms in total. The van der Waals surface area contributed by atoms with Crippen molar-refractivity contribution >= 4 is 0 Å². The Bertz CT molecular complexity index is 335. The lowest BCUT2D eigenvalue weighted by Crippen LogP contribution is -2.34. The maximum absolute atomic E-state index is 5.23. The van der Waals surface area contributed by atoms with Crippen LogP contribution in [0.15, 0.2) is 18.2 Å². The third-order valence-electron chi connectivity index (χ3n) is 3.10. The topological polar surface area (TPSA) is 12.5 Å². The number of nitrogens with zero attached hydrogens (tertiary/aromatic N) is 1. The zero-order valence-electron chi connectivity index (χ0n) is 9.08. The lowest BCUT2D eigenvalue weighted by Gasteiger charge is -2.31. The monoisotopic (exact) mass is 191 g/mol. The molecule has 76 valence electrons. The molecule has 0 spiro atoms. The van der Waals surface area contributed by atoms with Gasteiger partial charge in [-0.15, -0.1) is 0 Å². The van der Waals surface area contributed by atoms with Gasteiger partial charge in [-0.3, -0.25) is 4.90 Å². The van der Waals surface area contributed by atoms with Crippen molar-refractivity contribution in [1.29, 1.82) is 0 Å². The van der Waals surface area contributed by atoms with Gasteiger partial charge in [0.25, 0.3) is 0 Å². The Morgan fingerprint density at radius 3 is 2.86 bits per heavy atom. The summed E-state index contributed by atoms with van der Waals surface area (Å²) in [6.45, 7) is 3.32. The van der Waals surface area contributed by atoms with Gasteiger partial charge >= 0.3 is 0 Å². The smallest absolute Gasteiger partial charge is 0.119 e. The average molecular weight is 191 g/mol. The molecule has 1 aromatic carbocycles. The Hall–Kier alpha value is -1.02. The largest absolute Gasteiger partial charge is 0.497 e. The average Bonchev–Trinajstić information content (AvgIpc) is 2.19. The first-order valence-corrected chi connectivity index (χ1v) is 5.06. The van der Waals surface area contributed by atoms with Gasteiger partial charge in [-0.25, -0.2) is 0 Å². The van der Waals surface area contributed by atoms with E-state index in [0.717, 1.165) is 18.7 Å². The summed E-state index contributed by atoms with van der Waals surface area (Å²) >= 11 is 0. The van der Waals surface area contributed by atoms with Crippen LogP contribution >= 0.6 is 0 Å². The first kappa shape index (κ1) is 9.53. The van der Waals surface area contributed by atoms with Crippen molar-refractivity contribution in [3.05, 3.63) is 29.3 Å². The van der Waals surface area contributed by atoms with E-state index in [1.807, 2.05) is 6.07 Å². The second-order valence-corrected chi connectivity index (χ2v) is 4.10. The number of fused-ring (bicyclic) bond motifs is 1. The molecule has 1 unspecified atom stereocenters. The highest BCUT2D eigenvalue weighted by atomic mass is 16.5. The van der Waals surface area contributed by atoms with Crippen LogP contribution in [-0.4, -0.2) is 25.1 Å². The minimum absolute atomic E-state index is 0.634. The van der Waals surface area contributed by atoms with Crippen molar-refractivity contribution in [2.45, 2.75) is 25.9 Å². The Morgan fingerprint density at radius 1 is 1.36 bits per heavy atom. The summed E-state index contributed by atoms with van der Waals surface area (Å²) in [7, 11) is 3.90. The zero-order chi connectivity index (χ0) is 10.1. The predicted molar refractivity (Wildman–Crippen MR) is 57.6 cm³/mol. The van der Waals surface area contributed by atoms with Crippen LogP contribution in [0.4, 0.5) is 0 Å². The van der Waals surface area contributed by atoms with Crippen molar-refractivity contribution in [3.63, 3.8) is 0 Å². The van der Waals surface area contributed by atoms with E-state index >= 15 is 0 Å². The predicted octanol–water partition coefficient (Wildman–Crippen LogP) is 2.07. The Morgan fingerprint density at radius 2 is 2.14 bits per heavy atom. The Balaban J connectivity index is 2.33. The minimum atomic E-state index is 0.634. The molecule has 0 amide bonds. The zero-order valence-corrected chi connectivity index (χ0v) is 9.08. The van der Waals surface area contributed by atoms with Crippen LogP contribution in [0, 0.1) is 0 Å². The quantitative estimate of drug-likeness (QED) is 0.674. The van der Waals surface area contributed by atoms with E-state index in [2.05, 4.69) is 31.0 Å². The van der Waals surface area contributed by atoms with Gasteiger partial charge in [0, 0.05) is 12.6 Å². The van der Waals surface area contributed by atoms with Crippen LogP contribution in [0.25, 0.3) is 0 Å². The highest BCUT2D eigenvalue weighted by Crippen LogP contribution is 2.25. The number of likely N-dealkylation sites (N-methyl/N-ethyl adjacent to an activating group) is 1. The SMILES string of the molecule is COc1ccc2c(c1)CC(C)N(C)C2. The van der Waals surface area contributed by atoms with Crippen molar-refractivity contribution in [2.75, 3.05) is 14.2 Å². The van der Waals surface area contributed by atoms with E-state index in [4.69, 9.17) is 4.74 Å². The number of hydrogen-bond acceptors (Lipinski definition) is 2. The first-order chi connectivity index (χ1) is 6.70. The molecule has 0 aromatic heterocycles. The van der Waals surface area contributed by atoms with Gasteiger partial charge in [-0.05, 0) is 43.7 Å². The summed E-state index contributed by atoms with van der Waals surface area (Å²) in [6, 6.07) is 7.02. The number of benzene rings is 1. The van der Waals surface area contributed by atoms with Gasteiger partial charge in [0.2, 0.25) is 0 Å². The molecule has 1 aliphatic heterocycles. The van der Waals surface area contributed by atoms with Gasteiger partial charge in [0.05, 0.1) is 7.11 Å². The maximum atomic E-state index is 5.23. The Kier molecular flexibility index (Phi) is 2.46. The van der Waals surface area contributed by atoms with E-state index in [1.54, 1.807) is 7.11 Å². The summed E-state index contributed by atoms with van der Waals surface area (Å²) in [5.41, 5.74) is 2.88. The minimum Gasteiger partial charge on any atom is -0.497 e. The lowest BCUT2D eigenvalue weighted by atomic mass is 9.95. The number of hydrogen-bond donors (Lipinski definition) is 0. The maximum Gasteiger partial charge on any atom is 0.119 e. The van der Waals surface area contributed by atoms with Gasteiger partial charge in [0.1, 0.15) is 5.75 Å². The summed E-state index contributed by atoms with van der Waals surface area (Å²) < 4.78 is 5.23. The molecule has 0 aliphatic carbocycles. The van der Waals surface area contributed by atoms with Crippen LogP contribution in [0.3, 0.4) is 0 Å². The van der Waals surface area contributed by atoms with E-state index in [1.165, 1.54) is 11.1 Å². The summed E-state index contributed by atoms with van der Waals surface area (Å²) in [5.74, 6) is 0.973. The van der Waals surface area contributed by atoms with E-state index < -0.39 is 0 Å². The number of rotatable bonds is 1. The summed E-state index contributed by atoms with van der Waals surface area (Å²) in [6.07, 6.45) is 1.13. The molecule has 0 saturated carbocycles. The molecule has 1 aliphatic rings. The van der Waals surface area contributed by atoms with Crippen molar-refractivity contribution in [1.82, 2.24) is 4.90 Å². The van der Waals surface area contributed by atoms with Crippen molar-refractivity contribution in [2.24, 2.45) is 0 Å². The van der Waals surface area contributed by atoms with Crippen LogP contribution in [0.5, 0.6) is 5.75 Å². The second kappa shape index (κ2) is 3.62. The molecule has 1 atom stereocenters. The molecular formula is C12H17NO. The van der Waals surface area contributed by atoms with E-state index in [-0.39, 0.29) is 0 Å². The van der Waals surface area contributed by atoms with Crippen molar-refractivity contribution < 1.29 is 4.74 Å². The van der Waals surface area contributed by atoms with Gasteiger partial charge < -0.3 is 4.74 Å². The molecule has 0 saturated heterocycles. The molecule has 0 fully saturated rings. The van der Waals surface area contributed by atoms with Gasteiger partial charge in [-0.1, -0.05) is 6.07 Å². The van der Waals surface area contributed by atoms with Gasteiger partial charge in [0.15, 0.2) is 0 Å². The van der Waals surface area contributed by atoms with Crippen LogP contribution in [-0.2, 0) is 13.0 Å². The highest BCUT2D eigenvalue weighted by Gasteiger charge is 2.19. The molecule has 2 heteroatoms. The lowest BCUT2D eigenvalue weighted by molar-refractivity contribution is 0.231. The molecule has 0 bridgehead atoms. The molecule has 2 rings (SSSR count). The molecular weight excluding hydrogens is 174 g/mol. The summed E-state index contributed by atoms with van der Waals surface area (Å²) in [5, 5.41) is 0. The van der Waals surface area contributed by atoms with E-state index in [9.17, 15) is 0 Å². The fourth-order valence-electron chi connectivity index (χ4n) is 1.97. The molecule has 1 heterocycles. The fraction of sp³-hybridized carbons (Fsp3) is 0.500. The Labute approximate surface area is 85.5 Å². The molecule has 0 N–H and O–H groups in total. The highest BCUT2D eigenvalue weighted by molar-refractivity contribution is 5.37. The van der Waals surface area contributed by atoms with E-state index in [0.29, 0.717) is 6.04 Å². The molecule has 0 radical (unpaired) electrons. The van der Waals surface area contributed by atoms with Gasteiger partial charge in [-0.2, -0.15) is 0 Å². The molecule has 1 aromatic rings. The third-order valence-corrected chi connectivity index (χ3v) is 3.10. The normalized spacial score (nSPS) is 21.8. The number of methoxy groups -OCH3 is 1. The van der Waals surface area contributed by atoms with Crippen molar-refractivity contribution in [3.8, 4) is 5.75 Å². The third kappa shape index (κ3) is 1.62. The second-order valence-electron chi connectivity index (χ2n) is 4.10. The number of ether oxygens (including phenoxy) is 1. The first-order valence-electron chi connectivity index (χ1n) is 5.06.